The molecule has 1 saturated heterocycles. The van der Waals surface area contributed by atoms with Crippen molar-refractivity contribution in [2.24, 2.45) is 0 Å². The van der Waals surface area contributed by atoms with E-state index in [1.807, 2.05) is 29.3 Å². The summed E-state index contributed by atoms with van der Waals surface area (Å²) in [6, 6.07) is 14.7. The molecule has 0 spiro atoms. The van der Waals surface area contributed by atoms with Gasteiger partial charge in [0.15, 0.2) is 0 Å². The van der Waals surface area contributed by atoms with Gasteiger partial charge in [-0.2, -0.15) is 11.8 Å². The van der Waals surface area contributed by atoms with Gasteiger partial charge in [-0.25, -0.2) is 0 Å². The van der Waals surface area contributed by atoms with Gasteiger partial charge < -0.3 is 4.42 Å². The van der Waals surface area contributed by atoms with Gasteiger partial charge in [-0.15, -0.1) is 21.5 Å². The van der Waals surface area contributed by atoms with E-state index in [9.17, 15) is 0 Å². The quantitative estimate of drug-likeness (QED) is 0.714. The molecule has 0 aliphatic carbocycles. The lowest BCUT2D eigenvalue weighted by Crippen LogP contribution is -2.33. The van der Waals surface area contributed by atoms with Gasteiger partial charge in [0, 0.05) is 24.1 Å². The number of thiophene rings is 1. The van der Waals surface area contributed by atoms with Crippen LogP contribution in [0.5, 0.6) is 0 Å². The molecule has 0 radical (unpaired) electrons. The third-order valence-corrected chi connectivity index (χ3v) is 5.98. The zero-order valence-electron chi connectivity index (χ0n) is 12.6. The molecule has 6 heteroatoms. The predicted octanol–water partition coefficient (Wildman–Crippen LogP) is 4.09. The molecule has 0 bridgehead atoms. The monoisotopic (exact) mass is 343 g/mol. The molecule has 4 rings (SSSR count). The largest absolute Gasteiger partial charge is 0.419 e. The highest BCUT2D eigenvalue weighted by molar-refractivity contribution is 7.99. The van der Waals surface area contributed by atoms with Crippen LogP contribution in [0.25, 0.3) is 10.8 Å². The van der Waals surface area contributed by atoms with Crippen molar-refractivity contribution in [1.29, 1.82) is 0 Å². The summed E-state index contributed by atoms with van der Waals surface area (Å²) >= 11 is 3.65. The van der Waals surface area contributed by atoms with Crippen LogP contribution in [-0.4, -0.2) is 33.9 Å². The van der Waals surface area contributed by atoms with Crippen molar-refractivity contribution in [3.63, 3.8) is 0 Å². The summed E-state index contributed by atoms with van der Waals surface area (Å²) in [4.78, 5) is 3.43. The lowest BCUT2D eigenvalue weighted by molar-refractivity contribution is 0.248. The number of hydrogen-bond donors (Lipinski definition) is 0. The fourth-order valence-corrected chi connectivity index (χ4v) is 4.68. The van der Waals surface area contributed by atoms with Crippen molar-refractivity contribution < 1.29 is 4.42 Å². The van der Waals surface area contributed by atoms with Gasteiger partial charge in [0.2, 0.25) is 5.89 Å². The minimum atomic E-state index is 0.518. The average molecular weight is 343 g/mol. The van der Waals surface area contributed by atoms with Crippen LogP contribution in [0.4, 0.5) is 0 Å². The molecule has 3 aromatic rings. The zero-order valence-corrected chi connectivity index (χ0v) is 14.2. The Morgan fingerprint density at radius 2 is 2.04 bits per heavy atom. The molecule has 1 atom stereocenters. The maximum Gasteiger partial charge on any atom is 0.257 e. The first-order valence-corrected chi connectivity index (χ1v) is 9.56. The van der Waals surface area contributed by atoms with Gasteiger partial charge in [-0.1, -0.05) is 36.4 Å². The minimum Gasteiger partial charge on any atom is -0.419 e. The molecule has 4 nitrogen and oxygen atoms in total. The smallest absolute Gasteiger partial charge is 0.257 e. The molecule has 0 N–H and O–H groups in total. The number of thioether (sulfide) groups is 1. The highest BCUT2D eigenvalue weighted by Gasteiger charge is 2.23. The van der Waals surface area contributed by atoms with Gasteiger partial charge in [0.05, 0.1) is 11.4 Å². The predicted molar refractivity (Wildman–Crippen MR) is 94.5 cm³/mol. The third-order valence-electron chi connectivity index (χ3n) is 3.88. The van der Waals surface area contributed by atoms with Gasteiger partial charge in [-0.3, -0.25) is 4.90 Å². The van der Waals surface area contributed by atoms with Crippen molar-refractivity contribution in [1.82, 2.24) is 15.1 Å². The van der Waals surface area contributed by atoms with E-state index in [0.717, 1.165) is 30.3 Å². The Bertz CT molecular complexity index is 742. The van der Waals surface area contributed by atoms with Crippen LogP contribution in [0.3, 0.4) is 0 Å². The second-order valence-electron chi connectivity index (χ2n) is 5.48. The van der Waals surface area contributed by atoms with E-state index in [1.54, 1.807) is 11.3 Å². The Labute approximate surface area is 143 Å². The topological polar surface area (TPSA) is 42.2 Å². The van der Waals surface area contributed by atoms with Crippen LogP contribution in [0.1, 0.15) is 16.7 Å². The second-order valence-corrected chi connectivity index (χ2v) is 7.74. The Kier molecular flexibility index (Phi) is 4.46. The maximum atomic E-state index is 5.81. The first-order chi connectivity index (χ1) is 11.4. The molecule has 1 aromatic carbocycles. The van der Waals surface area contributed by atoms with Crippen molar-refractivity contribution in [3.05, 3.63) is 59.3 Å². The van der Waals surface area contributed by atoms with Gasteiger partial charge in [-0.05, 0) is 17.0 Å². The minimum absolute atomic E-state index is 0.518. The Balaban J connectivity index is 1.43. The van der Waals surface area contributed by atoms with E-state index in [4.69, 9.17) is 4.42 Å². The van der Waals surface area contributed by atoms with E-state index in [2.05, 4.69) is 45.4 Å². The summed E-state index contributed by atoms with van der Waals surface area (Å²) in [7, 11) is 0. The van der Waals surface area contributed by atoms with Gasteiger partial charge >= 0.3 is 0 Å². The average Bonchev–Trinajstić information content (AvgIpc) is 3.27. The molecular formula is C17H17N3OS2. The summed E-state index contributed by atoms with van der Waals surface area (Å²) in [6.07, 6.45) is 0. The number of hydrogen-bond acceptors (Lipinski definition) is 6. The van der Waals surface area contributed by atoms with E-state index < -0.39 is 0 Å². The Morgan fingerprint density at radius 1 is 1.13 bits per heavy atom. The summed E-state index contributed by atoms with van der Waals surface area (Å²) in [5.74, 6) is 2.46. The summed E-state index contributed by atoms with van der Waals surface area (Å²) in [5, 5.41) is 10.9. The molecule has 0 saturated carbocycles. The second kappa shape index (κ2) is 6.86. The summed E-state index contributed by atoms with van der Waals surface area (Å²) < 4.78 is 5.81. The van der Waals surface area contributed by atoms with Gasteiger partial charge in [0.25, 0.3) is 5.89 Å². The van der Waals surface area contributed by atoms with Crippen LogP contribution in [0, 0.1) is 0 Å². The fourth-order valence-electron chi connectivity index (χ4n) is 2.72. The number of nitrogens with zero attached hydrogens (tertiary/aromatic N) is 3. The van der Waals surface area contributed by atoms with E-state index in [1.165, 1.54) is 5.56 Å². The van der Waals surface area contributed by atoms with Crippen LogP contribution in [0.15, 0.2) is 52.3 Å². The molecule has 23 heavy (non-hydrogen) atoms. The number of aromatic nitrogens is 2. The standard InChI is InChI=1S/C17H17N3OS2/c1-2-5-13(6-3-1)15-11-20(8-10-23-15)12-16-18-19-17(21-16)14-7-4-9-22-14/h1-7,9,15H,8,10-12H2/t15-/m0/s1. The first-order valence-electron chi connectivity index (χ1n) is 7.63. The van der Waals surface area contributed by atoms with Crippen molar-refractivity contribution in [2.75, 3.05) is 18.8 Å². The van der Waals surface area contributed by atoms with E-state index >= 15 is 0 Å². The highest BCUT2D eigenvalue weighted by Crippen LogP contribution is 2.33. The number of rotatable bonds is 4. The molecule has 1 aliphatic rings. The van der Waals surface area contributed by atoms with Crippen LogP contribution >= 0.6 is 23.1 Å². The van der Waals surface area contributed by atoms with Crippen molar-refractivity contribution in [3.8, 4) is 10.8 Å². The molecule has 2 aromatic heterocycles. The highest BCUT2D eigenvalue weighted by atomic mass is 32.2. The molecule has 3 heterocycles. The van der Waals surface area contributed by atoms with Crippen molar-refractivity contribution in [2.45, 2.75) is 11.8 Å². The zero-order chi connectivity index (χ0) is 15.5. The number of benzene rings is 1. The SMILES string of the molecule is c1ccc([C@@H]2CN(Cc3nnc(-c4cccs4)o3)CCS2)cc1. The lowest BCUT2D eigenvalue weighted by atomic mass is 10.1. The fraction of sp³-hybridized carbons (Fsp3) is 0.294. The van der Waals surface area contributed by atoms with Crippen LogP contribution in [-0.2, 0) is 6.54 Å². The van der Waals surface area contributed by atoms with E-state index in [0.29, 0.717) is 17.0 Å². The molecule has 118 valence electrons. The van der Waals surface area contributed by atoms with Crippen molar-refractivity contribution >= 4 is 23.1 Å². The lowest BCUT2D eigenvalue weighted by Gasteiger charge is -2.31. The third kappa shape index (κ3) is 3.49. The van der Waals surface area contributed by atoms with Crippen LogP contribution < -0.4 is 0 Å². The molecule has 1 fully saturated rings. The molecular weight excluding hydrogens is 326 g/mol. The van der Waals surface area contributed by atoms with Gasteiger partial charge in [0.1, 0.15) is 0 Å². The van der Waals surface area contributed by atoms with E-state index in [-0.39, 0.29) is 0 Å². The van der Waals surface area contributed by atoms with Crippen LogP contribution in [0.2, 0.25) is 0 Å². The first kappa shape index (κ1) is 14.9. The summed E-state index contributed by atoms with van der Waals surface area (Å²) in [5.41, 5.74) is 1.40. The molecule has 1 aliphatic heterocycles. The normalized spacial score (nSPS) is 19.0. The summed E-state index contributed by atoms with van der Waals surface area (Å²) in [6.45, 7) is 2.80. The molecule has 0 amide bonds. The molecule has 0 unspecified atom stereocenters. The maximum absolute atomic E-state index is 5.81. The Hall–Kier alpha value is -1.63. The Morgan fingerprint density at radius 3 is 2.87 bits per heavy atom.